The van der Waals surface area contributed by atoms with Crippen LogP contribution in [-0.4, -0.2) is 42.1 Å². The van der Waals surface area contributed by atoms with E-state index in [0.29, 0.717) is 6.42 Å². The Bertz CT molecular complexity index is 192. The first-order valence-electron chi connectivity index (χ1n) is 4.19. The van der Waals surface area contributed by atoms with Crippen LogP contribution < -0.4 is 5.32 Å². The highest BCUT2D eigenvalue weighted by Crippen LogP contribution is 1.97. The van der Waals surface area contributed by atoms with Crippen LogP contribution in [-0.2, 0) is 4.79 Å². The number of carbonyl (C=O) groups is 2. The molecular formula is C8H16N2O3. The van der Waals surface area contributed by atoms with E-state index in [9.17, 15) is 9.59 Å². The van der Waals surface area contributed by atoms with E-state index < -0.39 is 12.0 Å². The van der Waals surface area contributed by atoms with Crippen molar-refractivity contribution in [3.63, 3.8) is 0 Å². The van der Waals surface area contributed by atoms with Crippen LogP contribution in [0.1, 0.15) is 19.8 Å². The van der Waals surface area contributed by atoms with Crippen LogP contribution in [0.15, 0.2) is 0 Å². The highest BCUT2D eigenvalue weighted by atomic mass is 16.4. The number of aliphatic carboxylic acids is 1. The minimum atomic E-state index is -0.989. The predicted molar refractivity (Wildman–Crippen MR) is 48.6 cm³/mol. The van der Waals surface area contributed by atoms with E-state index in [1.54, 1.807) is 14.1 Å². The molecule has 5 heteroatoms. The van der Waals surface area contributed by atoms with Gasteiger partial charge in [0.15, 0.2) is 0 Å². The first kappa shape index (κ1) is 11.7. The van der Waals surface area contributed by atoms with E-state index in [0.717, 1.165) is 6.42 Å². The molecule has 13 heavy (non-hydrogen) atoms. The van der Waals surface area contributed by atoms with Crippen molar-refractivity contribution in [1.29, 1.82) is 0 Å². The molecule has 0 aromatic carbocycles. The first-order valence-corrected chi connectivity index (χ1v) is 4.19. The number of hydrogen-bond donors (Lipinski definition) is 2. The van der Waals surface area contributed by atoms with Crippen molar-refractivity contribution in [2.24, 2.45) is 0 Å². The lowest BCUT2D eigenvalue weighted by Crippen LogP contribution is -2.45. The third-order valence-corrected chi connectivity index (χ3v) is 1.58. The van der Waals surface area contributed by atoms with Crippen molar-refractivity contribution in [3.05, 3.63) is 0 Å². The molecule has 0 saturated carbocycles. The Balaban J connectivity index is 4.10. The van der Waals surface area contributed by atoms with E-state index in [1.165, 1.54) is 4.90 Å². The molecule has 1 unspecified atom stereocenters. The summed E-state index contributed by atoms with van der Waals surface area (Å²) in [6.45, 7) is 1.87. The van der Waals surface area contributed by atoms with Gasteiger partial charge < -0.3 is 15.3 Å². The standard InChI is InChI=1S/C8H16N2O3/c1-4-5-6(7(11)12)9-8(13)10(2)3/h6H,4-5H2,1-3H3,(H,9,13)(H,11,12). The highest BCUT2D eigenvalue weighted by molar-refractivity contribution is 5.82. The number of carboxylic acid groups (broad SMARTS) is 1. The lowest BCUT2D eigenvalue weighted by atomic mass is 10.2. The Hall–Kier alpha value is -1.26. The van der Waals surface area contributed by atoms with Gasteiger partial charge in [0.25, 0.3) is 0 Å². The van der Waals surface area contributed by atoms with Crippen LogP contribution in [0, 0.1) is 0 Å². The molecule has 0 aliphatic carbocycles. The zero-order valence-electron chi connectivity index (χ0n) is 8.20. The molecule has 5 nitrogen and oxygen atoms in total. The summed E-state index contributed by atoms with van der Waals surface area (Å²) >= 11 is 0. The molecule has 1 atom stereocenters. The van der Waals surface area contributed by atoms with Crippen molar-refractivity contribution >= 4 is 12.0 Å². The van der Waals surface area contributed by atoms with Crippen LogP contribution >= 0.6 is 0 Å². The molecule has 2 N–H and O–H groups in total. The molecule has 0 rings (SSSR count). The van der Waals surface area contributed by atoms with Gasteiger partial charge in [-0.2, -0.15) is 0 Å². The molecule has 0 fully saturated rings. The van der Waals surface area contributed by atoms with Gasteiger partial charge in [0, 0.05) is 14.1 Å². The zero-order chi connectivity index (χ0) is 10.4. The van der Waals surface area contributed by atoms with Gasteiger partial charge in [0.2, 0.25) is 0 Å². The Labute approximate surface area is 77.7 Å². The minimum Gasteiger partial charge on any atom is -0.480 e. The van der Waals surface area contributed by atoms with E-state index in [4.69, 9.17) is 5.11 Å². The number of amides is 2. The molecule has 0 radical (unpaired) electrons. The fourth-order valence-corrected chi connectivity index (χ4v) is 0.824. The van der Waals surface area contributed by atoms with Gasteiger partial charge in [-0.1, -0.05) is 13.3 Å². The molecule has 76 valence electrons. The van der Waals surface area contributed by atoms with Gasteiger partial charge in [-0.15, -0.1) is 0 Å². The van der Waals surface area contributed by atoms with Crippen LogP contribution in [0.25, 0.3) is 0 Å². The fourth-order valence-electron chi connectivity index (χ4n) is 0.824. The predicted octanol–water partition coefficient (Wildman–Crippen LogP) is 0.511. The van der Waals surface area contributed by atoms with E-state index in [1.807, 2.05) is 6.92 Å². The second-order valence-electron chi connectivity index (χ2n) is 3.02. The maximum Gasteiger partial charge on any atom is 0.326 e. The fraction of sp³-hybridized carbons (Fsp3) is 0.750. The molecule has 2 amide bonds. The van der Waals surface area contributed by atoms with Crippen LogP contribution in [0.3, 0.4) is 0 Å². The molecule has 0 bridgehead atoms. The minimum absolute atomic E-state index is 0.374. The second-order valence-corrected chi connectivity index (χ2v) is 3.02. The third kappa shape index (κ3) is 4.35. The topological polar surface area (TPSA) is 69.6 Å². The summed E-state index contributed by atoms with van der Waals surface area (Å²) < 4.78 is 0. The van der Waals surface area contributed by atoms with Crippen molar-refractivity contribution in [2.75, 3.05) is 14.1 Å². The van der Waals surface area contributed by atoms with Gasteiger partial charge >= 0.3 is 12.0 Å². The number of rotatable bonds is 4. The van der Waals surface area contributed by atoms with Gasteiger partial charge in [-0.25, -0.2) is 9.59 Å². The molecule has 0 spiro atoms. The van der Waals surface area contributed by atoms with E-state index in [2.05, 4.69) is 5.32 Å². The summed E-state index contributed by atoms with van der Waals surface area (Å²) in [6, 6.07) is -1.15. The number of carbonyl (C=O) groups excluding carboxylic acids is 1. The Morgan fingerprint density at radius 1 is 1.46 bits per heavy atom. The molecule has 0 aromatic heterocycles. The molecule has 0 aliphatic heterocycles. The smallest absolute Gasteiger partial charge is 0.326 e. The number of urea groups is 1. The number of hydrogen-bond acceptors (Lipinski definition) is 2. The largest absolute Gasteiger partial charge is 0.480 e. The van der Waals surface area contributed by atoms with Crippen molar-refractivity contribution in [3.8, 4) is 0 Å². The maximum atomic E-state index is 11.1. The molecule has 0 aromatic rings. The molecule has 0 aliphatic rings. The van der Waals surface area contributed by atoms with Gasteiger partial charge in [0.05, 0.1) is 0 Å². The van der Waals surface area contributed by atoms with Crippen molar-refractivity contribution in [1.82, 2.24) is 10.2 Å². The van der Waals surface area contributed by atoms with Crippen LogP contribution in [0.4, 0.5) is 4.79 Å². The monoisotopic (exact) mass is 188 g/mol. The van der Waals surface area contributed by atoms with Crippen LogP contribution in [0.2, 0.25) is 0 Å². The summed E-state index contributed by atoms with van der Waals surface area (Å²) in [6.07, 6.45) is 1.18. The molecular weight excluding hydrogens is 172 g/mol. The molecule has 0 heterocycles. The number of nitrogens with one attached hydrogen (secondary N) is 1. The Morgan fingerprint density at radius 3 is 2.31 bits per heavy atom. The normalized spacial score (nSPS) is 11.9. The average Bonchev–Trinajstić information content (AvgIpc) is 2.03. The molecule has 0 saturated heterocycles. The highest BCUT2D eigenvalue weighted by Gasteiger charge is 2.19. The lowest BCUT2D eigenvalue weighted by Gasteiger charge is -2.17. The Kier molecular flexibility index (Phi) is 4.87. The zero-order valence-corrected chi connectivity index (χ0v) is 8.20. The van der Waals surface area contributed by atoms with Crippen molar-refractivity contribution in [2.45, 2.75) is 25.8 Å². The maximum absolute atomic E-state index is 11.1. The summed E-state index contributed by atoms with van der Waals surface area (Å²) in [5.41, 5.74) is 0. The van der Waals surface area contributed by atoms with Gasteiger partial charge in [-0.05, 0) is 6.42 Å². The van der Waals surface area contributed by atoms with Gasteiger partial charge in [-0.3, -0.25) is 0 Å². The van der Waals surface area contributed by atoms with E-state index >= 15 is 0 Å². The number of nitrogens with zero attached hydrogens (tertiary/aromatic N) is 1. The van der Waals surface area contributed by atoms with E-state index in [-0.39, 0.29) is 6.03 Å². The first-order chi connectivity index (χ1) is 5.99. The SMILES string of the molecule is CCCC(NC(=O)N(C)C)C(=O)O. The lowest BCUT2D eigenvalue weighted by molar-refractivity contribution is -0.139. The second kappa shape index (κ2) is 5.40. The Morgan fingerprint density at radius 2 is 2.00 bits per heavy atom. The summed E-state index contributed by atoms with van der Waals surface area (Å²) in [7, 11) is 3.14. The summed E-state index contributed by atoms with van der Waals surface area (Å²) in [5, 5.41) is 11.1. The third-order valence-electron chi connectivity index (χ3n) is 1.58. The average molecular weight is 188 g/mol. The summed E-state index contributed by atoms with van der Waals surface area (Å²) in [5.74, 6) is -0.989. The van der Waals surface area contributed by atoms with Crippen LogP contribution in [0.5, 0.6) is 0 Å². The van der Waals surface area contributed by atoms with Gasteiger partial charge in [0.1, 0.15) is 6.04 Å². The number of carboxylic acids is 1. The quantitative estimate of drug-likeness (QED) is 0.675. The summed E-state index contributed by atoms with van der Waals surface area (Å²) in [4.78, 5) is 23.0. The van der Waals surface area contributed by atoms with Crippen molar-refractivity contribution < 1.29 is 14.7 Å².